The molecular weight excluding hydrogens is 340 g/mol. The number of nitrogens with one attached hydrogen (secondary N) is 2. The van der Waals surface area contributed by atoms with E-state index in [0.717, 1.165) is 16.9 Å². The van der Waals surface area contributed by atoms with Crippen LogP contribution in [0.15, 0.2) is 60.9 Å². The molecule has 6 heteroatoms. The highest BCUT2D eigenvalue weighted by Crippen LogP contribution is 2.14. The van der Waals surface area contributed by atoms with Gasteiger partial charge in [0.15, 0.2) is 5.11 Å². The molecule has 0 bridgehead atoms. The summed E-state index contributed by atoms with van der Waals surface area (Å²) in [4.78, 5) is 0. The van der Waals surface area contributed by atoms with Gasteiger partial charge in [0, 0.05) is 17.6 Å². The lowest BCUT2D eigenvalue weighted by Crippen LogP contribution is -2.19. The molecule has 0 aliphatic heterocycles. The molecule has 3 rings (SSSR count). The van der Waals surface area contributed by atoms with Gasteiger partial charge in [0.05, 0.1) is 17.8 Å². The summed E-state index contributed by atoms with van der Waals surface area (Å²) >= 11 is 11.3. The van der Waals surface area contributed by atoms with Gasteiger partial charge in [-0.15, -0.1) is 0 Å². The molecule has 3 aromatic rings. The smallest absolute Gasteiger partial charge is 0.175 e. The lowest BCUT2D eigenvalue weighted by atomic mass is 10.2. The van der Waals surface area contributed by atoms with Crippen LogP contribution in [0.1, 0.15) is 11.1 Å². The number of aromatic nitrogens is 2. The van der Waals surface area contributed by atoms with Crippen molar-refractivity contribution in [2.45, 2.75) is 13.5 Å². The minimum absolute atomic E-state index is 0.554. The zero-order valence-electron chi connectivity index (χ0n) is 13.2. The van der Waals surface area contributed by atoms with Crippen molar-refractivity contribution in [3.63, 3.8) is 0 Å². The van der Waals surface area contributed by atoms with E-state index in [4.69, 9.17) is 23.8 Å². The predicted molar refractivity (Wildman–Crippen MR) is 104 cm³/mol. The maximum Gasteiger partial charge on any atom is 0.175 e. The topological polar surface area (TPSA) is 41.9 Å². The molecule has 24 heavy (non-hydrogen) atoms. The fourth-order valence-corrected chi connectivity index (χ4v) is 2.68. The average molecular weight is 357 g/mol. The molecule has 2 N–H and O–H groups in total. The van der Waals surface area contributed by atoms with Gasteiger partial charge >= 0.3 is 0 Å². The van der Waals surface area contributed by atoms with Crippen molar-refractivity contribution in [1.29, 1.82) is 0 Å². The highest BCUT2D eigenvalue weighted by atomic mass is 35.5. The van der Waals surface area contributed by atoms with Crippen molar-refractivity contribution < 1.29 is 0 Å². The first-order valence-electron chi connectivity index (χ1n) is 7.50. The minimum Gasteiger partial charge on any atom is -0.332 e. The van der Waals surface area contributed by atoms with Crippen LogP contribution in [0.25, 0.3) is 0 Å². The lowest BCUT2D eigenvalue weighted by Gasteiger charge is -2.12. The van der Waals surface area contributed by atoms with Crippen molar-refractivity contribution in [2.24, 2.45) is 0 Å². The monoisotopic (exact) mass is 356 g/mol. The maximum atomic E-state index is 5.89. The molecule has 0 spiro atoms. The van der Waals surface area contributed by atoms with E-state index in [0.29, 0.717) is 16.7 Å². The molecule has 2 aromatic carbocycles. The number of hydrogen-bond acceptors (Lipinski definition) is 2. The first kappa shape index (κ1) is 16.5. The fourth-order valence-electron chi connectivity index (χ4n) is 2.29. The molecule has 0 saturated carbocycles. The zero-order valence-corrected chi connectivity index (χ0v) is 14.7. The summed E-state index contributed by atoms with van der Waals surface area (Å²) < 4.78 is 1.80. The normalized spacial score (nSPS) is 10.4. The van der Waals surface area contributed by atoms with Crippen LogP contribution in [-0.2, 0) is 6.54 Å². The number of hydrogen-bond donors (Lipinski definition) is 2. The molecule has 0 aliphatic carbocycles. The molecule has 0 amide bonds. The Labute approximate surface area is 151 Å². The van der Waals surface area contributed by atoms with Gasteiger partial charge in [-0.2, -0.15) is 5.10 Å². The van der Waals surface area contributed by atoms with Gasteiger partial charge in [-0.1, -0.05) is 41.4 Å². The van der Waals surface area contributed by atoms with Crippen LogP contribution >= 0.6 is 23.8 Å². The molecule has 0 radical (unpaired) electrons. The van der Waals surface area contributed by atoms with Crippen LogP contribution in [-0.4, -0.2) is 14.9 Å². The molecule has 0 saturated heterocycles. The second kappa shape index (κ2) is 7.47. The molecule has 1 aromatic heterocycles. The van der Waals surface area contributed by atoms with Crippen molar-refractivity contribution >= 4 is 40.3 Å². The first-order valence-corrected chi connectivity index (χ1v) is 8.29. The van der Waals surface area contributed by atoms with Crippen LogP contribution in [0.5, 0.6) is 0 Å². The summed E-state index contributed by atoms with van der Waals surface area (Å²) in [6.07, 6.45) is 3.43. The summed E-state index contributed by atoms with van der Waals surface area (Å²) in [5.74, 6) is 0. The van der Waals surface area contributed by atoms with E-state index < -0.39 is 0 Å². The Balaban J connectivity index is 1.63. The second-order valence-corrected chi connectivity index (χ2v) is 6.35. The Bertz CT molecular complexity index is 842. The summed E-state index contributed by atoms with van der Waals surface area (Å²) in [6.45, 7) is 2.71. The minimum atomic E-state index is 0.554. The number of nitrogens with zero attached hydrogens (tertiary/aromatic N) is 2. The van der Waals surface area contributed by atoms with E-state index >= 15 is 0 Å². The van der Waals surface area contributed by atoms with E-state index in [1.807, 2.05) is 48.5 Å². The molecule has 4 nitrogen and oxygen atoms in total. The predicted octanol–water partition coefficient (Wildman–Crippen LogP) is 4.70. The van der Waals surface area contributed by atoms with Gasteiger partial charge in [0.1, 0.15) is 0 Å². The van der Waals surface area contributed by atoms with E-state index in [2.05, 4.69) is 22.7 Å². The summed E-state index contributed by atoms with van der Waals surface area (Å²) in [5, 5.41) is 11.8. The average Bonchev–Trinajstić information content (AvgIpc) is 2.95. The molecule has 0 atom stereocenters. The van der Waals surface area contributed by atoms with Gasteiger partial charge in [0.2, 0.25) is 0 Å². The third-order valence-corrected chi connectivity index (χ3v) is 3.84. The van der Waals surface area contributed by atoms with Crippen molar-refractivity contribution in [2.75, 3.05) is 10.6 Å². The third kappa shape index (κ3) is 4.57. The van der Waals surface area contributed by atoms with Crippen molar-refractivity contribution in [3.05, 3.63) is 77.1 Å². The lowest BCUT2D eigenvalue weighted by molar-refractivity contribution is 0.687. The number of rotatable bonds is 4. The van der Waals surface area contributed by atoms with Gasteiger partial charge < -0.3 is 10.6 Å². The first-order chi connectivity index (χ1) is 11.6. The Kier molecular flexibility index (Phi) is 5.13. The van der Waals surface area contributed by atoms with E-state index in [9.17, 15) is 0 Å². The van der Waals surface area contributed by atoms with Crippen molar-refractivity contribution in [1.82, 2.24) is 9.78 Å². The number of aryl methyl sites for hydroxylation is 1. The van der Waals surface area contributed by atoms with E-state index in [1.165, 1.54) is 5.56 Å². The second-order valence-electron chi connectivity index (χ2n) is 5.50. The molecule has 1 heterocycles. The van der Waals surface area contributed by atoms with Gasteiger partial charge in [0.25, 0.3) is 0 Å². The standard InChI is InChI=1S/C18H17ClN4S/c1-13-5-7-16(8-6-13)21-18(24)22-17-4-2-3-14(9-17)11-23-12-15(19)10-20-23/h2-10,12H,11H2,1H3,(H2,21,22,24). The SMILES string of the molecule is Cc1ccc(NC(=S)Nc2cccc(Cn3cc(Cl)cn3)c2)cc1. The number of anilines is 2. The van der Waals surface area contributed by atoms with Crippen LogP contribution in [0.4, 0.5) is 11.4 Å². The fraction of sp³-hybridized carbons (Fsp3) is 0.111. The Morgan fingerprint density at radius 3 is 2.58 bits per heavy atom. The van der Waals surface area contributed by atoms with Crippen molar-refractivity contribution in [3.8, 4) is 0 Å². The summed E-state index contributed by atoms with van der Waals surface area (Å²) in [6, 6.07) is 16.1. The van der Waals surface area contributed by atoms with Crippen LogP contribution < -0.4 is 10.6 Å². The Morgan fingerprint density at radius 1 is 1.12 bits per heavy atom. The quantitative estimate of drug-likeness (QED) is 0.665. The molecule has 0 fully saturated rings. The zero-order chi connectivity index (χ0) is 16.9. The van der Waals surface area contributed by atoms with Crippen LogP contribution in [0.3, 0.4) is 0 Å². The van der Waals surface area contributed by atoms with Crippen LogP contribution in [0.2, 0.25) is 5.02 Å². The van der Waals surface area contributed by atoms with E-state index in [1.54, 1.807) is 17.1 Å². The largest absolute Gasteiger partial charge is 0.332 e. The Hall–Kier alpha value is -2.37. The number of halogens is 1. The van der Waals surface area contributed by atoms with Crippen LogP contribution in [0, 0.1) is 6.92 Å². The number of benzene rings is 2. The highest BCUT2D eigenvalue weighted by Gasteiger charge is 2.02. The molecule has 0 unspecified atom stereocenters. The van der Waals surface area contributed by atoms with Gasteiger partial charge in [-0.3, -0.25) is 4.68 Å². The molecule has 122 valence electrons. The van der Waals surface area contributed by atoms with Gasteiger partial charge in [-0.25, -0.2) is 0 Å². The third-order valence-electron chi connectivity index (χ3n) is 3.44. The Morgan fingerprint density at radius 2 is 1.88 bits per heavy atom. The molecular formula is C18H17ClN4S. The number of thiocarbonyl (C=S) groups is 1. The summed E-state index contributed by atoms with van der Waals surface area (Å²) in [5.41, 5.74) is 4.21. The van der Waals surface area contributed by atoms with Gasteiger partial charge in [-0.05, 0) is 49.0 Å². The maximum absolute atomic E-state index is 5.89. The summed E-state index contributed by atoms with van der Waals surface area (Å²) in [7, 11) is 0. The highest BCUT2D eigenvalue weighted by molar-refractivity contribution is 7.80. The molecule has 0 aliphatic rings. The van der Waals surface area contributed by atoms with E-state index in [-0.39, 0.29) is 0 Å².